The van der Waals surface area contributed by atoms with Crippen molar-refractivity contribution in [3.8, 4) is 0 Å². The summed E-state index contributed by atoms with van der Waals surface area (Å²) in [6, 6.07) is 2.77. The Labute approximate surface area is 116 Å². The molecule has 17 heavy (non-hydrogen) atoms. The molecule has 1 N–H and O–H groups in total. The van der Waals surface area contributed by atoms with Gasteiger partial charge in [-0.15, -0.1) is 0 Å². The Kier molecular flexibility index (Phi) is 5.07. The van der Waals surface area contributed by atoms with Gasteiger partial charge in [-0.2, -0.15) is 0 Å². The van der Waals surface area contributed by atoms with Crippen LogP contribution in [0.15, 0.2) is 12.1 Å². The maximum absolute atomic E-state index is 11.8. The third-order valence-electron chi connectivity index (χ3n) is 2.42. The van der Waals surface area contributed by atoms with E-state index in [0.717, 1.165) is 0 Å². The van der Waals surface area contributed by atoms with Gasteiger partial charge in [0.05, 0.1) is 26.8 Å². The van der Waals surface area contributed by atoms with Crippen molar-refractivity contribution in [2.24, 2.45) is 0 Å². The summed E-state index contributed by atoms with van der Waals surface area (Å²) in [5.74, 6) is -0.157. The van der Waals surface area contributed by atoms with Crippen molar-refractivity contribution in [1.29, 1.82) is 0 Å². The second-order valence-corrected chi connectivity index (χ2v) is 5.10. The highest BCUT2D eigenvalue weighted by Gasteiger charge is 2.16. The molecule has 0 radical (unpaired) electrons. The number of rotatable bonds is 3. The van der Waals surface area contributed by atoms with E-state index in [1.165, 1.54) is 12.1 Å². The number of nitrogens with zero attached hydrogens (tertiary/aromatic N) is 1. The lowest BCUT2D eigenvalue weighted by Gasteiger charge is -2.19. The fourth-order valence-electron chi connectivity index (χ4n) is 1.09. The van der Waals surface area contributed by atoms with Crippen molar-refractivity contribution < 1.29 is 4.79 Å². The van der Waals surface area contributed by atoms with E-state index in [1.54, 1.807) is 11.8 Å². The summed E-state index contributed by atoms with van der Waals surface area (Å²) >= 11 is 17.6. The number of benzene rings is 1. The number of amides is 1. The Morgan fingerprint density at radius 3 is 2.24 bits per heavy atom. The summed E-state index contributed by atoms with van der Waals surface area (Å²) in [4.78, 5) is 13.6. The molecular formula is C11H13Cl3N2O. The molecule has 1 atom stereocenters. The van der Waals surface area contributed by atoms with Gasteiger partial charge in [-0.05, 0) is 33.2 Å². The molecule has 0 aliphatic carbocycles. The van der Waals surface area contributed by atoms with Crippen molar-refractivity contribution in [3.05, 3.63) is 27.2 Å². The minimum Gasteiger partial charge on any atom is -0.323 e. The van der Waals surface area contributed by atoms with E-state index in [-0.39, 0.29) is 11.9 Å². The Hall–Kier alpha value is -0.480. The van der Waals surface area contributed by atoms with Gasteiger partial charge in [-0.25, -0.2) is 0 Å². The Balaban J connectivity index is 2.89. The number of carbonyl (C=O) groups excluding carboxylic acids is 1. The summed E-state index contributed by atoms with van der Waals surface area (Å²) in [7, 11) is 3.64. The zero-order valence-corrected chi connectivity index (χ0v) is 12.0. The normalized spacial score (nSPS) is 12.6. The third kappa shape index (κ3) is 3.75. The van der Waals surface area contributed by atoms with Crippen LogP contribution in [0.4, 0.5) is 5.69 Å². The molecule has 94 valence electrons. The summed E-state index contributed by atoms with van der Waals surface area (Å²) in [5.41, 5.74) is 0.458. The highest BCUT2D eigenvalue weighted by Crippen LogP contribution is 2.32. The number of likely N-dealkylation sites (N-methyl/N-ethyl adjacent to an activating group) is 1. The zero-order valence-electron chi connectivity index (χ0n) is 9.72. The molecular weight excluding hydrogens is 282 g/mol. The van der Waals surface area contributed by atoms with Crippen LogP contribution in [0.5, 0.6) is 0 Å². The molecule has 0 saturated heterocycles. The van der Waals surface area contributed by atoms with Crippen LogP contribution in [0.3, 0.4) is 0 Å². The molecule has 0 heterocycles. The highest BCUT2D eigenvalue weighted by molar-refractivity contribution is 6.44. The fourth-order valence-corrected chi connectivity index (χ4v) is 1.68. The van der Waals surface area contributed by atoms with Crippen LogP contribution in [-0.2, 0) is 4.79 Å². The predicted molar refractivity (Wildman–Crippen MR) is 73.3 cm³/mol. The average Bonchev–Trinajstić information content (AvgIpc) is 2.24. The standard InChI is InChI=1S/C11H13Cl3N2O/c1-6(16(2)3)11(17)15-10-5-8(13)7(12)4-9(10)14/h4-6H,1-3H3,(H,15,17)/t6-/m1/s1. The van der Waals surface area contributed by atoms with E-state index in [2.05, 4.69) is 5.32 Å². The topological polar surface area (TPSA) is 32.3 Å². The van der Waals surface area contributed by atoms with Crippen molar-refractivity contribution in [1.82, 2.24) is 4.90 Å². The number of hydrogen-bond donors (Lipinski definition) is 1. The van der Waals surface area contributed by atoms with Gasteiger partial charge in [0.1, 0.15) is 0 Å². The van der Waals surface area contributed by atoms with Crippen molar-refractivity contribution in [2.75, 3.05) is 19.4 Å². The lowest BCUT2D eigenvalue weighted by atomic mass is 10.2. The first-order valence-electron chi connectivity index (χ1n) is 4.94. The monoisotopic (exact) mass is 294 g/mol. The summed E-state index contributed by atoms with van der Waals surface area (Å²) in [6.45, 7) is 1.79. The van der Waals surface area contributed by atoms with E-state index in [4.69, 9.17) is 34.8 Å². The third-order valence-corrected chi connectivity index (χ3v) is 3.46. The predicted octanol–water partition coefficient (Wildman–Crippen LogP) is 3.54. The number of anilines is 1. The molecule has 3 nitrogen and oxygen atoms in total. The lowest BCUT2D eigenvalue weighted by molar-refractivity contribution is -0.119. The molecule has 0 fully saturated rings. The van der Waals surface area contributed by atoms with Gasteiger partial charge in [0.15, 0.2) is 0 Å². The van der Waals surface area contributed by atoms with E-state index in [9.17, 15) is 4.79 Å². The van der Waals surface area contributed by atoms with E-state index in [1.807, 2.05) is 14.1 Å². The zero-order chi connectivity index (χ0) is 13.2. The maximum Gasteiger partial charge on any atom is 0.241 e. The lowest BCUT2D eigenvalue weighted by Crippen LogP contribution is -2.37. The second kappa shape index (κ2) is 5.91. The van der Waals surface area contributed by atoms with Gasteiger partial charge < -0.3 is 5.32 Å². The van der Waals surface area contributed by atoms with Crippen molar-refractivity contribution in [3.63, 3.8) is 0 Å². The van der Waals surface area contributed by atoms with Gasteiger partial charge in [0, 0.05) is 0 Å². The molecule has 1 aromatic rings. The molecule has 0 bridgehead atoms. The van der Waals surface area contributed by atoms with Gasteiger partial charge in [0.25, 0.3) is 0 Å². The van der Waals surface area contributed by atoms with Crippen LogP contribution in [-0.4, -0.2) is 30.9 Å². The quantitative estimate of drug-likeness (QED) is 0.865. The number of nitrogens with one attached hydrogen (secondary N) is 1. The molecule has 0 saturated carbocycles. The van der Waals surface area contributed by atoms with Crippen molar-refractivity contribution >= 4 is 46.4 Å². The van der Waals surface area contributed by atoms with Crippen LogP contribution >= 0.6 is 34.8 Å². The minimum atomic E-state index is -0.263. The molecule has 0 aliphatic rings. The minimum absolute atomic E-state index is 0.157. The van der Waals surface area contributed by atoms with Gasteiger partial charge in [0.2, 0.25) is 5.91 Å². The molecule has 0 aliphatic heterocycles. The first-order valence-corrected chi connectivity index (χ1v) is 6.08. The smallest absolute Gasteiger partial charge is 0.241 e. The number of hydrogen-bond acceptors (Lipinski definition) is 2. The molecule has 0 spiro atoms. The van der Waals surface area contributed by atoms with Crippen LogP contribution in [0.25, 0.3) is 0 Å². The molecule has 1 aromatic carbocycles. The maximum atomic E-state index is 11.8. The molecule has 6 heteroatoms. The van der Waals surface area contributed by atoms with Gasteiger partial charge in [-0.3, -0.25) is 9.69 Å². The largest absolute Gasteiger partial charge is 0.323 e. The van der Waals surface area contributed by atoms with Crippen molar-refractivity contribution in [2.45, 2.75) is 13.0 Å². The molecule has 0 aromatic heterocycles. The molecule has 1 rings (SSSR count). The average molecular weight is 296 g/mol. The first-order chi connectivity index (χ1) is 7.82. The first kappa shape index (κ1) is 14.6. The van der Waals surface area contributed by atoms with E-state index in [0.29, 0.717) is 20.8 Å². The molecule has 1 amide bonds. The van der Waals surface area contributed by atoms with Crippen LogP contribution in [0.2, 0.25) is 15.1 Å². The van der Waals surface area contributed by atoms with E-state index >= 15 is 0 Å². The van der Waals surface area contributed by atoms with E-state index < -0.39 is 0 Å². The fraction of sp³-hybridized carbons (Fsp3) is 0.364. The van der Waals surface area contributed by atoms with Gasteiger partial charge >= 0.3 is 0 Å². The highest BCUT2D eigenvalue weighted by atomic mass is 35.5. The summed E-state index contributed by atoms with van der Waals surface area (Å²) in [6.07, 6.45) is 0. The second-order valence-electron chi connectivity index (χ2n) is 3.87. The summed E-state index contributed by atoms with van der Waals surface area (Å²) in [5, 5.41) is 3.77. The number of halogens is 3. The van der Waals surface area contributed by atoms with Gasteiger partial charge in [-0.1, -0.05) is 34.8 Å². The molecule has 0 unspecified atom stereocenters. The number of carbonyl (C=O) groups is 1. The summed E-state index contributed by atoms with van der Waals surface area (Å²) < 4.78 is 0. The van der Waals surface area contributed by atoms with Crippen LogP contribution < -0.4 is 5.32 Å². The Bertz CT molecular complexity index is 435. The van der Waals surface area contributed by atoms with Crippen LogP contribution in [0, 0.1) is 0 Å². The Morgan fingerprint density at radius 2 is 1.71 bits per heavy atom. The Morgan fingerprint density at radius 1 is 1.18 bits per heavy atom. The SMILES string of the molecule is C[C@H](C(=O)Nc1cc(Cl)c(Cl)cc1Cl)N(C)C. The van der Waals surface area contributed by atoms with Crippen LogP contribution in [0.1, 0.15) is 6.92 Å².